The van der Waals surface area contributed by atoms with Crippen LogP contribution in [-0.4, -0.2) is 59.4 Å². The lowest BCUT2D eigenvalue weighted by atomic mass is 9.77. The van der Waals surface area contributed by atoms with Crippen LogP contribution in [-0.2, 0) is 21.4 Å². The fourth-order valence-electron chi connectivity index (χ4n) is 5.38. The van der Waals surface area contributed by atoms with Gasteiger partial charge in [0.2, 0.25) is 11.8 Å². The third kappa shape index (κ3) is 3.38. The molecular formula is C22H31N5O2. The minimum absolute atomic E-state index is 0.0339. The van der Waals surface area contributed by atoms with Gasteiger partial charge in [0.05, 0.1) is 12.2 Å². The number of aromatic nitrogens is 2. The molecule has 0 radical (unpaired) electrons. The molecular weight excluding hydrogens is 366 g/mol. The number of carbonyl (C=O) groups excluding carboxylic acids is 2. The largest absolute Gasteiger partial charge is 0.354 e. The fraction of sp³-hybridized carbons (Fsp3) is 0.727. The standard InChI is InChI=1S/C22H31N5O2/c1-2-18(29)27-11-3-8-22(14-27)9-7-16-19(22)24-20(15-5-6-15)25-21(16)26-12-4-10-23-17(28)13-26/h15H,2-14H2,1H3,(H,23,28). The number of nitrogens with zero attached hydrogens (tertiary/aromatic N) is 4. The van der Waals surface area contributed by atoms with Crippen LogP contribution in [0.1, 0.15) is 74.9 Å². The molecule has 2 amide bonds. The van der Waals surface area contributed by atoms with Crippen molar-refractivity contribution in [2.24, 2.45) is 0 Å². The van der Waals surface area contributed by atoms with E-state index in [2.05, 4.69) is 15.1 Å². The molecule has 1 unspecified atom stereocenters. The molecule has 0 bridgehead atoms. The summed E-state index contributed by atoms with van der Waals surface area (Å²) in [5.41, 5.74) is 2.38. The highest BCUT2D eigenvalue weighted by atomic mass is 16.2. The van der Waals surface area contributed by atoms with Gasteiger partial charge in [-0.1, -0.05) is 6.92 Å². The molecule has 0 aromatic carbocycles. The molecule has 4 aliphatic rings. The van der Waals surface area contributed by atoms with Crippen molar-refractivity contribution >= 4 is 17.6 Å². The first-order valence-electron chi connectivity index (χ1n) is 11.3. The molecule has 29 heavy (non-hydrogen) atoms. The van der Waals surface area contributed by atoms with Gasteiger partial charge in [0.25, 0.3) is 0 Å². The van der Waals surface area contributed by atoms with Crippen LogP contribution in [0.4, 0.5) is 5.82 Å². The van der Waals surface area contributed by atoms with Crippen LogP contribution in [0.25, 0.3) is 0 Å². The molecule has 1 spiro atoms. The quantitative estimate of drug-likeness (QED) is 0.843. The third-order valence-electron chi connectivity index (χ3n) is 7.09. The Morgan fingerprint density at radius 2 is 2.07 bits per heavy atom. The van der Waals surface area contributed by atoms with Crippen LogP contribution in [0.15, 0.2) is 0 Å². The van der Waals surface area contributed by atoms with Crippen molar-refractivity contribution in [1.29, 1.82) is 0 Å². The number of hydrogen-bond donors (Lipinski definition) is 1. The molecule has 1 atom stereocenters. The van der Waals surface area contributed by atoms with Gasteiger partial charge in [0.15, 0.2) is 0 Å². The van der Waals surface area contributed by atoms with Crippen molar-refractivity contribution in [2.45, 2.75) is 69.6 Å². The fourth-order valence-corrected chi connectivity index (χ4v) is 5.38. The van der Waals surface area contributed by atoms with Crippen molar-refractivity contribution in [3.05, 3.63) is 17.1 Å². The van der Waals surface area contributed by atoms with Gasteiger partial charge in [-0.25, -0.2) is 9.97 Å². The smallest absolute Gasteiger partial charge is 0.239 e. The number of rotatable bonds is 3. The highest BCUT2D eigenvalue weighted by molar-refractivity contribution is 5.82. The minimum Gasteiger partial charge on any atom is -0.354 e. The second kappa shape index (κ2) is 7.26. The van der Waals surface area contributed by atoms with Gasteiger partial charge in [-0.05, 0) is 44.9 Å². The second-order valence-electron chi connectivity index (χ2n) is 9.18. The van der Waals surface area contributed by atoms with E-state index < -0.39 is 0 Å². The Hall–Kier alpha value is -2.18. The molecule has 156 valence electrons. The number of carbonyl (C=O) groups is 2. The van der Waals surface area contributed by atoms with Gasteiger partial charge >= 0.3 is 0 Å². The zero-order valence-electron chi connectivity index (χ0n) is 17.4. The molecule has 7 nitrogen and oxygen atoms in total. The first kappa shape index (κ1) is 18.8. The third-order valence-corrected chi connectivity index (χ3v) is 7.09. The van der Waals surface area contributed by atoms with E-state index in [1.807, 2.05) is 6.92 Å². The average Bonchev–Trinajstić information content (AvgIpc) is 3.56. The van der Waals surface area contributed by atoms with E-state index in [4.69, 9.17) is 9.97 Å². The summed E-state index contributed by atoms with van der Waals surface area (Å²) in [6, 6.07) is 0. The maximum Gasteiger partial charge on any atom is 0.239 e. The number of piperidine rings is 1. The van der Waals surface area contributed by atoms with E-state index in [0.29, 0.717) is 18.9 Å². The summed E-state index contributed by atoms with van der Waals surface area (Å²) < 4.78 is 0. The maximum atomic E-state index is 12.4. The number of anilines is 1. The molecule has 7 heteroatoms. The van der Waals surface area contributed by atoms with E-state index in [-0.39, 0.29) is 17.2 Å². The molecule has 2 saturated heterocycles. The monoisotopic (exact) mass is 397 g/mol. The highest BCUT2D eigenvalue weighted by Gasteiger charge is 2.47. The summed E-state index contributed by atoms with van der Waals surface area (Å²) in [5.74, 6) is 2.74. The van der Waals surface area contributed by atoms with Crippen molar-refractivity contribution in [2.75, 3.05) is 37.6 Å². The van der Waals surface area contributed by atoms with Crippen LogP contribution in [0, 0.1) is 0 Å². The molecule has 3 heterocycles. The predicted octanol–water partition coefficient (Wildman–Crippen LogP) is 1.90. The predicted molar refractivity (Wildman–Crippen MR) is 110 cm³/mol. The van der Waals surface area contributed by atoms with Gasteiger partial charge in [-0.2, -0.15) is 0 Å². The Morgan fingerprint density at radius 1 is 1.21 bits per heavy atom. The van der Waals surface area contributed by atoms with Crippen molar-refractivity contribution in [1.82, 2.24) is 20.2 Å². The Morgan fingerprint density at radius 3 is 2.86 bits per heavy atom. The van der Waals surface area contributed by atoms with E-state index in [0.717, 1.165) is 82.8 Å². The summed E-state index contributed by atoms with van der Waals surface area (Å²) in [7, 11) is 0. The van der Waals surface area contributed by atoms with E-state index in [1.165, 1.54) is 11.3 Å². The average molecular weight is 398 g/mol. The molecule has 1 saturated carbocycles. The summed E-state index contributed by atoms with van der Waals surface area (Å²) in [6.07, 6.45) is 7.93. The van der Waals surface area contributed by atoms with Crippen LogP contribution >= 0.6 is 0 Å². The molecule has 1 aromatic rings. The molecule has 1 N–H and O–H groups in total. The Kier molecular flexibility index (Phi) is 4.71. The summed E-state index contributed by atoms with van der Waals surface area (Å²) in [5, 5.41) is 2.98. The van der Waals surface area contributed by atoms with Gasteiger partial charge in [-0.15, -0.1) is 0 Å². The molecule has 2 aliphatic heterocycles. The Balaban J connectivity index is 1.55. The lowest BCUT2D eigenvalue weighted by Crippen LogP contribution is -2.47. The number of nitrogens with one attached hydrogen (secondary N) is 1. The van der Waals surface area contributed by atoms with Crippen LogP contribution in [0.3, 0.4) is 0 Å². The molecule has 3 fully saturated rings. The van der Waals surface area contributed by atoms with Crippen LogP contribution < -0.4 is 10.2 Å². The second-order valence-corrected chi connectivity index (χ2v) is 9.18. The van der Waals surface area contributed by atoms with Gasteiger partial charge in [-0.3, -0.25) is 9.59 Å². The SMILES string of the molecule is CCC(=O)N1CCCC2(CCc3c(N4CCCNC(=O)C4)nc(C4CC4)nc32)C1. The maximum absolute atomic E-state index is 12.4. The first-order valence-corrected chi connectivity index (χ1v) is 11.3. The van der Waals surface area contributed by atoms with Crippen molar-refractivity contribution in [3.8, 4) is 0 Å². The van der Waals surface area contributed by atoms with Crippen LogP contribution in [0.5, 0.6) is 0 Å². The van der Waals surface area contributed by atoms with Gasteiger partial charge in [0, 0.05) is 49.5 Å². The number of hydrogen-bond acceptors (Lipinski definition) is 5. The minimum atomic E-state index is -0.0339. The zero-order chi connectivity index (χ0) is 20.0. The Bertz CT molecular complexity index is 837. The van der Waals surface area contributed by atoms with Gasteiger partial charge in [0.1, 0.15) is 11.6 Å². The molecule has 2 aliphatic carbocycles. The number of likely N-dealkylation sites (tertiary alicyclic amines) is 1. The van der Waals surface area contributed by atoms with E-state index in [9.17, 15) is 9.59 Å². The van der Waals surface area contributed by atoms with Crippen LogP contribution in [0.2, 0.25) is 0 Å². The highest BCUT2D eigenvalue weighted by Crippen LogP contribution is 2.48. The topological polar surface area (TPSA) is 78.4 Å². The lowest BCUT2D eigenvalue weighted by Gasteiger charge is -2.40. The van der Waals surface area contributed by atoms with Gasteiger partial charge < -0.3 is 15.1 Å². The van der Waals surface area contributed by atoms with Crippen molar-refractivity contribution < 1.29 is 9.59 Å². The van der Waals surface area contributed by atoms with E-state index in [1.54, 1.807) is 0 Å². The van der Waals surface area contributed by atoms with E-state index >= 15 is 0 Å². The molecule has 5 rings (SSSR count). The summed E-state index contributed by atoms with van der Waals surface area (Å²) in [6.45, 7) is 5.55. The van der Waals surface area contributed by atoms with Crippen molar-refractivity contribution in [3.63, 3.8) is 0 Å². The zero-order valence-corrected chi connectivity index (χ0v) is 17.4. The lowest BCUT2D eigenvalue weighted by molar-refractivity contribution is -0.133. The number of fused-ring (bicyclic) bond motifs is 2. The number of amides is 2. The summed E-state index contributed by atoms with van der Waals surface area (Å²) in [4.78, 5) is 39.0. The molecule has 1 aromatic heterocycles. The normalized spacial score (nSPS) is 27.0. The Labute approximate surface area is 172 Å². The summed E-state index contributed by atoms with van der Waals surface area (Å²) >= 11 is 0. The first-order chi connectivity index (χ1) is 14.1.